The third-order valence-corrected chi connectivity index (χ3v) is 5.19. The van der Waals surface area contributed by atoms with Crippen LogP contribution in [0.4, 0.5) is 0 Å². The van der Waals surface area contributed by atoms with Crippen LogP contribution in [0.3, 0.4) is 0 Å². The molecule has 2 unspecified atom stereocenters. The summed E-state index contributed by atoms with van der Waals surface area (Å²) in [5.74, 6) is 1.66. The van der Waals surface area contributed by atoms with E-state index in [0.717, 1.165) is 23.1 Å². The van der Waals surface area contributed by atoms with Crippen LogP contribution in [0.5, 0.6) is 0 Å². The molecule has 1 aliphatic carbocycles. The van der Waals surface area contributed by atoms with Gasteiger partial charge in [0, 0.05) is 11.7 Å². The molecule has 5 heteroatoms. The highest BCUT2D eigenvalue weighted by Crippen LogP contribution is 2.38. The maximum atomic E-state index is 5.76. The van der Waals surface area contributed by atoms with Gasteiger partial charge in [-0.2, -0.15) is 4.37 Å². The lowest BCUT2D eigenvalue weighted by molar-refractivity contribution is 0.573. The Morgan fingerprint density at radius 2 is 2.40 bits per heavy atom. The van der Waals surface area contributed by atoms with E-state index in [1.54, 1.807) is 0 Å². The van der Waals surface area contributed by atoms with Crippen molar-refractivity contribution in [3.63, 3.8) is 0 Å². The van der Waals surface area contributed by atoms with Gasteiger partial charge in [-0.25, -0.2) is 4.98 Å². The van der Waals surface area contributed by atoms with E-state index in [1.165, 1.54) is 30.8 Å². The van der Waals surface area contributed by atoms with Gasteiger partial charge in [0.15, 0.2) is 4.34 Å². The number of aromatic nitrogens is 2. The molecule has 1 aromatic heterocycles. The molecule has 1 saturated carbocycles. The molecule has 15 heavy (non-hydrogen) atoms. The Morgan fingerprint density at radius 3 is 3.07 bits per heavy atom. The highest BCUT2D eigenvalue weighted by Gasteiger charge is 2.27. The zero-order valence-corrected chi connectivity index (χ0v) is 10.6. The Morgan fingerprint density at radius 1 is 1.53 bits per heavy atom. The average Bonchev–Trinajstić information content (AvgIpc) is 2.87. The first kappa shape index (κ1) is 11.4. The second-order valence-electron chi connectivity index (χ2n) is 3.91. The van der Waals surface area contributed by atoms with Gasteiger partial charge >= 0.3 is 0 Å². The monoisotopic (exact) mass is 243 g/mol. The Balaban J connectivity index is 1.95. The van der Waals surface area contributed by atoms with Gasteiger partial charge in [-0.3, -0.25) is 0 Å². The number of hydrogen-bond acceptors (Lipinski definition) is 5. The number of rotatable bonds is 4. The maximum absolute atomic E-state index is 5.76. The molecule has 1 aliphatic rings. The molecule has 0 radical (unpaired) electrons. The summed E-state index contributed by atoms with van der Waals surface area (Å²) in [4.78, 5) is 4.49. The minimum absolute atomic E-state index is 0.674. The van der Waals surface area contributed by atoms with Crippen molar-refractivity contribution in [3.05, 3.63) is 5.82 Å². The Bertz CT molecular complexity index is 313. The molecule has 1 heterocycles. The van der Waals surface area contributed by atoms with Crippen molar-refractivity contribution >= 4 is 23.3 Å². The smallest absolute Gasteiger partial charge is 0.170 e. The van der Waals surface area contributed by atoms with E-state index in [2.05, 4.69) is 16.3 Å². The van der Waals surface area contributed by atoms with E-state index in [9.17, 15) is 0 Å². The second kappa shape index (κ2) is 5.27. The molecule has 0 aliphatic heterocycles. The van der Waals surface area contributed by atoms with Gasteiger partial charge < -0.3 is 5.73 Å². The van der Waals surface area contributed by atoms with Crippen molar-refractivity contribution in [2.75, 3.05) is 6.54 Å². The van der Waals surface area contributed by atoms with Crippen LogP contribution in [0.15, 0.2) is 4.34 Å². The van der Waals surface area contributed by atoms with Crippen LogP contribution in [-0.4, -0.2) is 21.2 Å². The lowest BCUT2D eigenvalue weighted by Crippen LogP contribution is -2.20. The number of aryl methyl sites for hydroxylation is 1. The second-order valence-corrected chi connectivity index (χ2v) is 6.15. The summed E-state index contributed by atoms with van der Waals surface area (Å²) in [6.07, 6.45) is 4.82. The van der Waals surface area contributed by atoms with Crippen LogP contribution in [0, 0.1) is 5.92 Å². The summed E-state index contributed by atoms with van der Waals surface area (Å²) >= 11 is 3.42. The molecular formula is C10H17N3S2. The van der Waals surface area contributed by atoms with E-state index in [4.69, 9.17) is 5.73 Å². The van der Waals surface area contributed by atoms with E-state index in [1.807, 2.05) is 11.8 Å². The van der Waals surface area contributed by atoms with Crippen LogP contribution in [0.2, 0.25) is 0 Å². The van der Waals surface area contributed by atoms with Crippen molar-refractivity contribution in [1.29, 1.82) is 0 Å². The fourth-order valence-corrected chi connectivity index (χ4v) is 4.28. The highest BCUT2D eigenvalue weighted by atomic mass is 32.2. The van der Waals surface area contributed by atoms with Gasteiger partial charge in [0.2, 0.25) is 0 Å². The summed E-state index contributed by atoms with van der Waals surface area (Å²) in [5.41, 5.74) is 5.76. The summed E-state index contributed by atoms with van der Waals surface area (Å²) in [6, 6.07) is 0. The van der Waals surface area contributed by atoms with E-state index < -0.39 is 0 Å². The van der Waals surface area contributed by atoms with Crippen molar-refractivity contribution < 1.29 is 0 Å². The van der Waals surface area contributed by atoms with Gasteiger partial charge in [-0.1, -0.05) is 25.1 Å². The predicted octanol–water partition coefficient (Wildman–Crippen LogP) is 2.32. The number of nitrogens with zero attached hydrogens (tertiary/aromatic N) is 2. The van der Waals surface area contributed by atoms with Crippen LogP contribution >= 0.6 is 23.3 Å². The minimum atomic E-state index is 0.674. The predicted molar refractivity (Wildman–Crippen MR) is 65.3 cm³/mol. The Labute approximate surface area is 99.0 Å². The zero-order valence-electron chi connectivity index (χ0n) is 8.98. The summed E-state index contributed by atoms with van der Waals surface area (Å²) < 4.78 is 5.43. The lowest BCUT2D eigenvalue weighted by atomic mass is 10.1. The van der Waals surface area contributed by atoms with Gasteiger partial charge in [0.25, 0.3) is 0 Å². The largest absolute Gasteiger partial charge is 0.330 e. The van der Waals surface area contributed by atoms with E-state index in [0.29, 0.717) is 11.2 Å². The SMILES string of the molecule is CCc1nsc(SC2CCCC2CN)n1. The van der Waals surface area contributed by atoms with Crippen molar-refractivity contribution in [2.45, 2.75) is 42.2 Å². The lowest BCUT2D eigenvalue weighted by Gasteiger charge is -2.14. The number of thioether (sulfide) groups is 1. The summed E-state index contributed by atoms with van der Waals surface area (Å²) in [7, 11) is 0. The number of nitrogens with two attached hydrogens (primary N) is 1. The van der Waals surface area contributed by atoms with Crippen LogP contribution in [-0.2, 0) is 6.42 Å². The molecule has 0 saturated heterocycles. The van der Waals surface area contributed by atoms with Crippen LogP contribution in [0.25, 0.3) is 0 Å². The highest BCUT2D eigenvalue weighted by molar-refractivity contribution is 8.01. The Hall–Kier alpha value is -0.130. The maximum Gasteiger partial charge on any atom is 0.170 e. The van der Waals surface area contributed by atoms with Gasteiger partial charge in [0.1, 0.15) is 5.82 Å². The first-order valence-electron chi connectivity index (χ1n) is 5.52. The normalized spacial score (nSPS) is 26.0. The first-order valence-corrected chi connectivity index (χ1v) is 7.18. The molecule has 1 aromatic rings. The molecule has 84 valence electrons. The third kappa shape index (κ3) is 2.71. The zero-order chi connectivity index (χ0) is 10.7. The molecule has 0 spiro atoms. The molecule has 2 rings (SSSR count). The minimum Gasteiger partial charge on any atom is -0.330 e. The third-order valence-electron chi connectivity index (χ3n) is 2.91. The molecule has 0 bridgehead atoms. The number of hydrogen-bond donors (Lipinski definition) is 1. The van der Waals surface area contributed by atoms with Crippen molar-refractivity contribution in [1.82, 2.24) is 9.36 Å². The fraction of sp³-hybridized carbons (Fsp3) is 0.800. The topological polar surface area (TPSA) is 51.8 Å². The standard InChI is InChI=1S/C10H17N3S2/c1-2-9-12-10(15-13-9)14-8-5-3-4-7(8)6-11/h7-8H,2-6,11H2,1H3. The molecule has 0 aromatic carbocycles. The Kier molecular flexibility index (Phi) is 3.99. The quantitative estimate of drug-likeness (QED) is 0.881. The summed E-state index contributed by atoms with van der Waals surface area (Å²) in [5, 5.41) is 0.674. The summed E-state index contributed by atoms with van der Waals surface area (Å²) in [6.45, 7) is 2.91. The molecule has 2 N–H and O–H groups in total. The molecule has 2 atom stereocenters. The van der Waals surface area contributed by atoms with Crippen LogP contribution < -0.4 is 5.73 Å². The van der Waals surface area contributed by atoms with Gasteiger partial charge in [-0.15, -0.1) is 0 Å². The van der Waals surface area contributed by atoms with E-state index >= 15 is 0 Å². The molecule has 0 amide bonds. The van der Waals surface area contributed by atoms with Gasteiger partial charge in [0.05, 0.1) is 0 Å². The fourth-order valence-electron chi connectivity index (χ4n) is 1.99. The molecule has 3 nitrogen and oxygen atoms in total. The first-order chi connectivity index (χ1) is 7.33. The molecule has 1 fully saturated rings. The van der Waals surface area contributed by atoms with Gasteiger partial charge in [-0.05, 0) is 36.8 Å². The van der Waals surface area contributed by atoms with Crippen molar-refractivity contribution in [3.8, 4) is 0 Å². The van der Waals surface area contributed by atoms with Crippen LogP contribution in [0.1, 0.15) is 32.0 Å². The molecular weight excluding hydrogens is 226 g/mol. The average molecular weight is 243 g/mol. The van der Waals surface area contributed by atoms with E-state index in [-0.39, 0.29) is 0 Å². The van der Waals surface area contributed by atoms with Crippen molar-refractivity contribution in [2.24, 2.45) is 11.7 Å².